The van der Waals surface area contributed by atoms with Crippen molar-refractivity contribution in [3.8, 4) is 0 Å². The van der Waals surface area contributed by atoms with Gasteiger partial charge < -0.3 is 18.9 Å². The van der Waals surface area contributed by atoms with E-state index in [9.17, 15) is 0 Å². The van der Waals surface area contributed by atoms with E-state index in [1.165, 1.54) is 21.2 Å². The largest absolute Gasteiger partial charge is 0.346 e. The summed E-state index contributed by atoms with van der Waals surface area (Å²) in [6.07, 6.45) is 1.55. The van der Waals surface area contributed by atoms with Gasteiger partial charge >= 0.3 is 0 Å². The fourth-order valence-electron chi connectivity index (χ4n) is 5.13. The highest BCUT2D eigenvalue weighted by molar-refractivity contribution is 7.76. The SMILES string of the molecule is c1ccc(P(CCP(c2ccccc2)c2ccccc2C2OCCO2)c2ccccc2C2OCCO2)cc1. The third kappa shape index (κ3) is 5.77. The van der Waals surface area contributed by atoms with Gasteiger partial charge in [0, 0.05) is 11.1 Å². The second-order valence-electron chi connectivity index (χ2n) is 9.24. The highest BCUT2D eigenvalue weighted by Gasteiger charge is 2.29. The van der Waals surface area contributed by atoms with Crippen molar-refractivity contribution in [2.24, 2.45) is 0 Å². The monoisotopic (exact) mass is 542 g/mol. The van der Waals surface area contributed by atoms with Gasteiger partial charge in [0.25, 0.3) is 0 Å². The molecule has 4 nitrogen and oxygen atoms in total. The predicted octanol–water partition coefficient (Wildman–Crippen LogP) is 5.34. The van der Waals surface area contributed by atoms with Crippen molar-refractivity contribution in [2.75, 3.05) is 38.8 Å². The van der Waals surface area contributed by atoms with E-state index in [1.54, 1.807) is 0 Å². The topological polar surface area (TPSA) is 36.9 Å². The molecular weight excluding hydrogens is 510 g/mol. The fourth-order valence-corrected chi connectivity index (χ4v) is 10.9. The number of hydrogen-bond acceptors (Lipinski definition) is 4. The molecule has 0 saturated carbocycles. The van der Waals surface area contributed by atoms with Gasteiger partial charge in [-0.25, -0.2) is 0 Å². The number of hydrogen-bond donors (Lipinski definition) is 0. The lowest BCUT2D eigenvalue weighted by atomic mass is 10.2. The first-order valence-corrected chi connectivity index (χ1v) is 16.2. The minimum Gasteiger partial charge on any atom is -0.346 e. The molecule has 2 aliphatic rings. The van der Waals surface area contributed by atoms with Crippen LogP contribution >= 0.6 is 15.8 Å². The number of benzene rings is 4. The molecule has 2 aliphatic heterocycles. The van der Waals surface area contributed by atoms with Gasteiger partial charge in [0.1, 0.15) is 0 Å². The molecule has 0 N–H and O–H groups in total. The third-order valence-corrected chi connectivity index (χ3v) is 12.4. The smallest absolute Gasteiger partial charge is 0.184 e. The van der Waals surface area contributed by atoms with Gasteiger partial charge in [0.15, 0.2) is 12.6 Å². The Bertz CT molecular complexity index is 1200. The van der Waals surface area contributed by atoms with E-state index in [2.05, 4.69) is 109 Å². The molecule has 38 heavy (non-hydrogen) atoms. The van der Waals surface area contributed by atoms with Gasteiger partial charge in [-0.2, -0.15) is 0 Å². The molecule has 194 valence electrons. The van der Waals surface area contributed by atoms with Gasteiger partial charge in [0.2, 0.25) is 0 Å². The molecule has 0 aromatic heterocycles. The summed E-state index contributed by atoms with van der Waals surface area (Å²) in [5.41, 5.74) is 2.33. The zero-order chi connectivity index (χ0) is 25.6. The molecule has 2 heterocycles. The first-order chi connectivity index (χ1) is 18.9. The zero-order valence-electron chi connectivity index (χ0n) is 21.3. The van der Waals surface area contributed by atoms with E-state index in [4.69, 9.17) is 18.9 Å². The standard InChI is InChI=1S/C32H32O4P2/c1-3-11-25(12-4-1)37(29-17-9-7-15-27(29)31-33-19-20-34-31)23-24-38(26-13-5-2-6-14-26)30-18-10-8-16-28(30)32-35-21-22-36-32/h1-18,31-32H,19-24H2. The molecule has 6 rings (SSSR count). The second kappa shape index (κ2) is 12.6. The van der Waals surface area contributed by atoms with Crippen molar-refractivity contribution in [1.82, 2.24) is 0 Å². The number of ether oxygens (including phenoxy) is 4. The van der Waals surface area contributed by atoms with Crippen LogP contribution in [0, 0.1) is 0 Å². The first kappa shape index (κ1) is 25.8. The van der Waals surface area contributed by atoms with E-state index in [1.807, 2.05) is 0 Å². The maximum atomic E-state index is 5.97. The van der Waals surface area contributed by atoms with Crippen LogP contribution in [0.3, 0.4) is 0 Å². The lowest BCUT2D eigenvalue weighted by Gasteiger charge is -2.28. The summed E-state index contributed by atoms with van der Waals surface area (Å²) < 4.78 is 23.9. The molecule has 4 aromatic carbocycles. The average Bonchev–Trinajstić information content (AvgIpc) is 3.72. The van der Waals surface area contributed by atoms with Gasteiger partial charge in [-0.1, -0.05) is 109 Å². The lowest BCUT2D eigenvalue weighted by molar-refractivity contribution is -0.0435. The Kier molecular flexibility index (Phi) is 8.58. The van der Waals surface area contributed by atoms with Crippen molar-refractivity contribution < 1.29 is 18.9 Å². The molecule has 0 amide bonds. The highest BCUT2D eigenvalue weighted by atomic mass is 31.1. The van der Waals surface area contributed by atoms with E-state index >= 15 is 0 Å². The van der Waals surface area contributed by atoms with E-state index < -0.39 is 15.8 Å². The average molecular weight is 543 g/mol. The van der Waals surface area contributed by atoms with Crippen LogP contribution in [0.15, 0.2) is 109 Å². The molecule has 2 saturated heterocycles. The van der Waals surface area contributed by atoms with Crippen molar-refractivity contribution in [1.29, 1.82) is 0 Å². The molecule has 0 spiro atoms. The Morgan fingerprint density at radius 1 is 0.447 bits per heavy atom. The summed E-state index contributed by atoms with van der Waals surface area (Å²) in [5.74, 6) is 0. The van der Waals surface area contributed by atoms with Crippen LogP contribution in [-0.2, 0) is 18.9 Å². The van der Waals surface area contributed by atoms with E-state index in [-0.39, 0.29) is 12.6 Å². The van der Waals surface area contributed by atoms with Crippen LogP contribution in [0.1, 0.15) is 23.7 Å². The van der Waals surface area contributed by atoms with Crippen LogP contribution in [0.2, 0.25) is 0 Å². The molecule has 2 fully saturated rings. The minimum absolute atomic E-state index is 0.284. The van der Waals surface area contributed by atoms with Gasteiger partial charge in [0.05, 0.1) is 26.4 Å². The molecule has 2 unspecified atom stereocenters. The Hall–Kier alpha value is -2.42. The minimum atomic E-state index is -0.627. The molecule has 0 bridgehead atoms. The first-order valence-electron chi connectivity index (χ1n) is 13.2. The summed E-state index contributed by atoms with van der Waals surface area (Å²) in [4.78, 5) is 0. The van der Waals surface area contributed by atoms with Crippen LogP contribution in [0.25, 0.3) is 0 Å². The van der Waals surface area contributed by atoms with Crippen LogP contribution in [0.5, 0.6) is 0 Å². The maximum absolute atomic E-state index is 5.97. The molecule has 4 aromatic rings. The van der Waals surface area contributed by atoms with Crippen molar-refractivity contribution in [3.63, 3.8) is 0 Å². The van der Waals surface area contributed by atoms with E-state index in [0.717, 1.165) is 23.5 Å². The quantitative estimate of drug-likeness (QED) is 0.268. The van der Waals surface area contributed by atoms with Crippen molar-refractivity contribution >= 4 is 37.1 Å². The van der Waals surface area contributed by atoms with Gasteiger partial charge in [-0.3, -0.25) is 0 Å². The molecule has 6 heteroatoms. The second-order valence-corrected chi connectivity index (χ2v) is 13.8. The normalized spacial score (nSPS) is 18.0. The van der Waals surface area contributed by atoms with Crippen molar-refractivity contribution in [3.05, 3.63) is 120 Å². The summed E-state index contributed by atoms with van der Waals surface area (Å²) in [7, 11) is -1.25. The third-order valence-electron chi connectivity index (χ3n) is 6.89. The molecular formula is C32H32O4P2. The van der Waals surface area contributed by atoms with Crippen molar-refractivity contribution in [2.45, 2.75) is 12.6 Å². The summed E-state index contributed by atoms with van der Waals surface area (Å²) in [6, 6.07) is 39.3. The number of rotatable bonds is 9. The maximum Gasteiger partial charge on any atom is 0.184 e. The Balaban J connectivity index is 1.37. The Labute approximate surface area is 227 Å². The Morgan fingerprint density at radius 2 is 0.789 bits per heavy atom. The fraction of sp³-hybridized carbons (Fsp3) is 0.250. The summed E-state index contributed by atoms with van der Waals surface area (Å²) in [6.45, 7) is 2.57. The zero-order valence-corrected chi connectivity index (χ0v) is 23.1. The molecule has 0 aliphatic carbocycles. The van der Waals surface area contributed by atoms with Crippen LogP contribution < -0.4 is 21.2 Å². The Morgan fingerprint density at radius 3 is 1.18 bits per heavy atom. The summed E-state index contributed by atoms with van der Waals surface area (Å²) >= 11 is 0. The van der Waals surface area contributed by atoms with Gasteiger partial charge in [-0.15, -0.1) is 0 Å². The highest BCUT2D eigenvalue weighted by Crippen LogP contribution is 2.44. The lowest BCUT2D eigenvalue weighted by Crippen LogP contribution is -2.24. The van der Waals surface area contributed by atoms with Crippen LogP contribution in [-0.4, -0.2) is 38.8 Å². The predicted molar refractivity (Wildman–Crippen MR) is 157 cm³/mol. The molecule has 0 radical (unpaired) electrons. The summed E-state index contributed by atoms with van der Waals surface area (Å²) in [5, 5.41) is 5.46. The van der Waals surface area contributed by atoms with Crippen LogP contribution in [0.4, 0.5) is 0 Å². The van der Waals surface area contributed by atoms with E-state index in [0.29, 0.717) is 26.4 Å². The molecule has 2 atom stereocenters. The van der Waals surface area contributed by atoms with Gasteiger partial charge in [-0.05, 0) is 49.4 Å².